The molecule has 0 bridgehead atoms. The fraction of sp³-hybridized carbons (Fsp3) is 0.636. The van der Waals surface area contributed by atoms with Crippen LogP contribution in [0.2, 0.25) is 0 Å². The highest BCUT2D eigenvalue weighted by Gasteiger charge is 2.22. The van der Waals surface area contributed by atoms with Gasteiger partial charge in [-0.15, -0.1) is 0 Å². The molecule has 0 heterocycles. The van der Waals surface area contributed by atoms with E-state index >= 15 is 0 Å². The second-order valence-corrected chi connectivity index (χ2v) is 7.54. The van der Waals surface area contributed by atoms with Gasteiger partial charge in [0.1, 0.15) is 0 Å². The molecule has 0 saturated heterocycles. The van der Waals surface area contributed by atoms with E-state index in [0.29, 0.717) is 6.42 Å². The SMILES string of the molecule is CCCc1ccc(C(=O)O)c(C(=O)O)c1CCCCCCCCC(C)C. The van der Waals surface area contributed by atoms with E-state index < -0.39 is 11.9 Å². The van der Waals surface area contributed by atoms with E-state index in [1.807, 2.05) is 6.92 Å². The number of carbonyl (C=O) groups is 2. The number of aryl methyl sites for hydroxylation is 1. The van der Waals surface area contributed by atoms with Crippen LogP contribution in [0.15, 0.2) is 12.1 Å². The maximum Gasteiger partial charge on any atom is 0.336 e. The molecule has 0 radical (unpaired) electrons. The molecule has 4 nitrogen and oxygen atoms in total. The molecule has 4 heteroatoms. The summed E-state index contributed by atoms with van der Waals surface area (Å²) < 4.78 is 0. The molecule has 1 rings (SSSR count). The lowest BCUT2D eigenvalue weighted by Crippen LogP contribution is -2.14. The van der Waals surface area contributed by atoms with Crippen molar-refractivity contribution < 1.29 is 19.8 Å². The molecule has 0 fully saturated rings. The second kappa shape index (κ2) is 11.7. The Morgan fingerprint density at radius 1 is 0.885 bits per heavy atom. The van der Waals surface area contributed by atoms with Crippen molar-refractivity contribution in [2.75, 3.05) is 0 Å². The molecule has 0 spiro atoms. The summed E-state index contributed by atoms with van der Waals surface area (Å²) in [6, 6.07) is 3.23. The first-order chi connectivity index (χ1) is 12.4. The van der Waals surface area contributed by atoms with E-state index in [9.17, 15) is 19.8 Å². The molecule has 2 N–H and O–H groups in total. The fourth-order valence-corrected chi connectivity index (χ4v) is 3.46. The minimum Gasteiger partial charge on any atom is -0.478 e. The minimum atomic E-state index is -1.17. The van der Waals surface area contributed by atoms with Crippen molar-refractivity contribution in [3.8, 4) is 0 Å². The normalized spacial score (nSPS) is 11.1. The van der Waals surface area contributed by atoms with E-state index in [4.69, 9.17) is 0 Å². The molecule has 0 aliphatic heterocycles. The summed E-state index contributed by atoms with van der Waals surface area (Å²) >= 11 is 0. The Morgan fingerprint density at radius 2 is 1.50 bits per heavy atom. The van der Waals surface area contributed by atoms with Crippen molar-refractivity contribution >= 4 is 11.9 Å². The molecule has 0 amide bonds. The van der Waals surface area contributed by atoms with Crippen molar-refractivity contribution in [1.29, 1.82) is 0 Å². The molecular weight excluding hydrogens is 328 g/mol. The summed E-state index contributed by atoms with van der Waals surface area (Å²) in [5, 5.41) is 18.9. The molecule has 0 saturated carbocycles. The number of carboxylic acids is 2. The summed E-state index contributed by atoms with van der Waals surface area (Å²) in [5.41, 5.74) is 1.59. The van der Waals surface area contributed by atoms with Gasteiger partial charge in [-0.05, 0) is 42.4 Å². The molecule has 1 aromatic rings. The molecule has 0 aromatic heterocycles. The van der Waals surface area contributed by atoms with Crippen LogP contribution < -0.4 is 0 Å². The molecular formula is C22H34O4. The minimum absolute atomic E-state index is 0.0135. The van der Waals surface area contributed by atoms with Crippen LogP contribution >= 0.6 is 0 Å². The van der Waals surface area contributed by atoms with Crippen molar-refractivity contribution in [3.05, 3.63) is 34.4 Å². The largest absolute Gasteiger partial charge is 0.478 e. The third-order valence-electron chi connectivity index (χ3n) is 4.83. The van der Waals surface area contributed by atoms with Crippen molar-refractivity contribution in [1.82, 2.24) is 0 Å². The standard InChI is InChI=1S/C22H34O4/c1-4-11-17-14-15-19(21(23)24)20(22(25)26)18(17)13-10-8-6-5-7-9-12-16(2)3/h14-16H,4-13H2,1-3H3,(H,23,24)(H,25,26). The van der Waals surface area contributed by atoms with Crippen molar-refractivity contribution in [3.63, 3.8) is 0 Å². The van der Waals surface area contributed by atoms with Crippen LogP contribution in [0.5, 0.6) is 0 Å². The summed E-state index contributed by atoms with van der Waals surface area (Å²) in [4.78, 5) is 23.1. The third-order valence-corrected chi connectivity index (χ3v) is 4.83. The van der Waals surface area contributed by atoms with Gasteiger partial charge in [-0.25, -0.2) is 9.59 Å². The van der Waals surface area contributed by atoms with Gasteiger partial charge >= 0.3 is 11.9 Å². The highest BCUT2D eigenvalue weighted by Crippen LogP contribution is 2.24. The number of benzene rings is 1. The molecule has 26 heavy (non-hydrogen) atoms. The summed E-state index contributed by atoms with van der Waals surface area (Å²) in [6.07, 6.45) is 10.5. The van der Waals surface area contributed by atoms with Gasteiger partial charge < -0.3 is 10.2 Å². The van der Waals surface area contributed by atoms with E-state index in [-0.39, 0.29) is 11.1 Å². The van der Waals surface area contributed by atoms with Gasteiger partial charge in [0.25, 0.3) is 0 Å². The molecule has 1 aromatic carbocycles. The Labute approximate surface area is 157 Å². The smallest absolute Gasteiger partial charge is 0.336 e. The predicted molar refractivity (Wildman–Crippen MR) is 105 cm³/mol. The highest BCUT2D eigenvalue weighted by molar-refractivity contribution is 6.03. The van der Waals surface area contributed by atoms with Crippen LogP contribution in [0.4, 0.5) is 0 Å². The van der Waals surface area contributed by atoms with Gasteiger partial charge in [0.2, 0.25) is 0 Å². The number of hydrogen-bond donors (Lipinski definition) is 2. The maximum atomic E-state index is 11.7. The first-order valence-electron chi connectivity index (χ1n) is 9.99. The topological polar surface area (TPSA) is 74.6 Å². The summed E-state index contributed by atoms with van der Waals surface area (Å²) in [6.45, 7) is 6.55. The number of rotatable bonds is 13. The van der Waals surface area contributed by atoms with Crippen molar-refractivity contribution in [2.45, 2.75) is 85.0 Å². The summed E-state index contributed by atoms with van der Waals surface area (Å²) in [5.74, 6) is -1.54. The van der Waals surface area contributed by atoms with Crippen LogP contribution in [-0.2, 0) is 12.8 Å². The Kier molecular flexibility index (Phi) is 10.0. The molecule has 0 unspecified atom stereocenters. The van der Waals surface area contributed by atoms with Crippen LogP contribution in [0, 0.1) is 5.92 Å². The molecule has 0 aliphatic rings. The summed E-state index contributed by atoms with van der Waals surface area (Å²) in [7, 11) is 0. The van der Waals surface area contributed by atoms with Crippen LogP contribution in [0.25, 0.3) is 0 Å². The Bertz CT molecular complexity index is 590. The Morgan fingerprint density at radius 3 is 2.04 bits per heavy atom. The molecule has 146 valence electrons. The van der Waals surface area contributed by atoms with E-state index in [2.05, 4.69) is 13.8 Å². The van der Waals surface area contributed by atoms with Gasteiger partial charge in [0, 0.05) is 0 Å². The first-order valence-corrected chi connectivity index (χ1v) is 9.99. The predicted octanol–water partition coefficient (Wildman–Crippen LogP) is 5.96. The second-order valence-electron chi connectivity index (χ2n) is 7.54. The average molecular weight is 363 g/mol. The zero-order valence-corrected chi connectivity index (χ0v) is 16.5. The van der Waals surface area contributed by atoms with Gasteiger partial charge in [-0.2, -0.15) is 0 Å². The lowest BCUT2D eigenvalue weighted by molar-refractivity contribution is 0.0650. The quantitative estimate of drug-likeness (QED) is 0.424. The monoisotopic (exact) mass is 362 g/mol. The van der Waals surface area contributed by atoms with Crippen LogP contribution in [0.3, 0.4) is 0 Å². The maximum absolute atomic E-state index is 11.7. The lowest BCUT2D eigenvalue weighted by Gasteiger charge is -2.15. The first kappa shape index (κ1) is 22.2. The molecule has 0 atom stereocenters. The average Bonchev–Trinajstić information content (AvgIpc) is 2.57. The van der Waals surface area contributed by atoms with Gasteiger partial charge in [0.05, 0.1) is 11.1 Å². The van der Waals surface area contributed by atoms with E-state index in [1.165, 1.54) is 31.7 Å². The fourth-order valence-electron chi connectivity index (χ4n) is 3.46. The number of hydrogen-bond acceptors (Lipinski definition) is 2. The van der Waals surface area contributed by atoms with Crippen LogP contribution in [0.1, 0.15) is 104 Å². The third kappa shape index (κ3) is 7.19. The van der Waals surface area contributed by atoms with Crippen LogP contribution in [-0.4, -0.2) is 22.2 Å². The zero-order chi connectivity index (χ0) is 19.5. The van der Waals surface area contributed by atoms with Gasteiger partial charge in [-0.1, -0.05) is 71.8 Å². The number of aromatic carboxylic acids is 2. The molecule has 0 aliphatic carbocycles. The van der Waals surface area contributed by atoms with Gasteiger partial charge in [0.15, 0.2) is 0 Å². The highest BCUT2D eigenvalue weighted by atomic mass is 16.4. The Hall–Kier alpha value is -1.84. The zero-order valence-electron chi connectivity index (χ0n) is 16.5. The number of unbranched alkanes of at least 4 members (excludes halogenated alkanes) is 5. The van der Waals surface area contributed by atoms with Crippen molar-refractivity contribution in [2.24, 2.45) is 5.92 Å². The lowest BCUT2D eigenvalue weighted by atomic mass is 9.90. The van der Waals surface area contributed by atoms with E-state index in [0.717, 1.165) is 49.1 Å². The van der Waals surface area contributed by atoms with Gasteiger partial charge in [-0.3, -0.25) is 0 Å². The Balaban J connectivity index is 2.69. The number of carboxylic acid groups (broad SMARTS) is 2. The van der Waals surface area contributed by atoms with E-state index in [1.54, 1.807) is 6.07 Å².